The monoisotopic (exact) mass is 247 g/mol. The molecule has 0 saturated heterocycles. The summed E-state index contributed by atoms with van der Waals surface area (Å²) in [4.78, 5) is 11.5. The fourth-order valence-corrected chi connectivity index (χ4v) is 1.35. The van der Waals surface area contributed by atoms with Crippen LogP contribution in [-0.4, -0.2) is 17.7 Å². The molecular formula is C12H13N3O3. The Hall–Kier alpha value is -2.50. The Kier molecular flexibility index (Phi) is 3.47. The third-order valence-corrected chi connectivity index (χ3v) is 2.17. The average molecular weight is 247 g/mol. The molecule has 18 heavy (non-hydrogen) atoms. The number of para-hydroxylation sites is 2. The number of nitrogens with two attached hydrogens (primary N) is 1. The summed E-state index contributed by atoms with van der Waals surface area (Å²) in [6.07, 6.45) is 0. The highest BCUT2D eigenvalue weighted by Crippen LogP contribution is 2.19. The van der Waals surface area contributed by atoms with E-state index in [1.807, 2.05) is 0 Å². The summed E-state index contributed by atoms with van der Waals surface area (Å²) in [5, 5.41) is 6.17. The second-order valence-corrected chi connectivity index (χ2v) is 3.71. The highest BCUT2D eigenvalue weighted by Gasteiger charge is 2.08. The molecule has 0 aliphatic carbocycles. The Morgan fingerprint density at radius 1 is 1.50 bits per heavy atom. The minimum absolute atomic E-state index is 0.145. The fourth-order valence-electron chi connectivity index (χ4n) is 1.35. The number of nitrogens with zero attached hydrogens (tertiary/aromatic N) is 1. The van der Waals surface area contributed by atoms with E-state index in [1.165, 1.54) is 0 Å². The molecule has 0 aliphatic heterocycles. The molecular weight excluding hydrogens is 234 g/mol. The zero-order chi connectivity index (χ0) is 13.0. The highest BCUT2D eigenvalue weighted by atomic mass is 16.5. The molecule has 0 fully saturated rings. The molecule has 1 aromatic heterocycles. The largest absolute Gasteiger partial charge is 0.482 e. The lowest BCUT2D eigenvalue weighted by molar-refractivity contribution is -0.118. The van der Waals surface area contributed by atoms with Crippen molar-refractivity contribution in [2.24, 2.45) is 0 Å². The van der Waals surface area contributed by atoms with Crippen LogP contribution in [0.25, 0.3) is 0 Å². The lowest BCUT2D eigenvalue weighted by Gasteiger charge is -2.07. The third kappa shape index (κ3) is 3.00. The molecule has 2 aromatic rings. The van der Waals surface area contributed by atoms with Crippen molar-refractivity contribution in [1.82, 2.24) is 5.16 Å². The molecule has 0 aliphatic rings. The molecule has 0 radical (unpaired) electrons. The summed E-state index contributed by atoms with van der Waals surface area (Å²) in [6, 6.07) is 8.59. The van der Waals surface area contributed by atoms with Crippen molar-refractivity contribution in [1.29, 1.82) is 0 Å². The Morgan fingerprint density at radius 2 is 2.28 bits per heavy atom. The van der Waals surface area contributed by atoms with Gasteiger partial charge in [0.2, 0.25) is 5.88 Å². The lowest BCUT2D eigenvalue weighted by Crippen LogP contribution is -2.20. The number of hydrogen-bond acceptors (Lipinski definition) is 5. The lowest BCUT2D eigenvalue weighted by atomic mass is 10.3. The Morgan fingerprint density at radius 3 is 2.94 bits per heavy atom. The number of hydrogen-bond donors (Lipinski definition) is 2. The number of aryl methyl sites for hydroxylation is 1. The van der Waals surface area contributed by atoms with E-state index in [2.05, 4.69) is 10.5 Å². The van der Waals surface area contributed by atoms with E-state index in [4.69, 9.17) is 15.0 Å². The average Bonchev–Trinajstić information content (AvgIpc) is 2.74. The van der Waals surface area contributed by atoms with Gasteiger partial charge in [0.15, 0.2) is 6.61 Å². The molecule has 1 amide bonds. The van der Waals surface area contributed by atoms with Crippen LogP contribution in [0.3, 0.4) is 0 Å². The first-order valence-corrected chi connectivity index (χ1v) is 5.35. The van der Waals surface area contributed by atoms with E-state index >= 15 is 0 Å². The van der Waals surface area contributed by atoms with Gasteiger partial charge in [-0.25, -0.2) is 0 Å². The molecule has 1 aromatic carbocycles. The molecule has 0 bridgehead atoms. The first-order valence-electron chi connectivity index (χ1n) is 5.35. The van der Waals surface area contributed by atoms with Crippen LogP contribution < -0.4 is 15.8 Å². The highest BCUT2D eigenvalue weighted by molar-refractivity contribution is 5.90. The van der Waals surface area contributed by atoms with E-state index in [-0.39, 0.29) is 12.5 Å². The van der Waals surface area contributed by atoms with E-state index in [1.54, 1.807) is 37.3 Å². The predicted molar refractivity (Wildman–Crippen MR) is 66.2 cm³/mol. The first kappa shape index (κ1) is 12.0. The smallest absolute Gasteiger partial charge is 0.264 e. The van der Waals surface area contributed by atoms with Crippen molar-refractivity contribution in [3.05, 3.63) is 36.0 Å². The molecule has 6 heteroatoms. The van der Waals surface area contributed by atoms with Crippen LogP contribution in [0.5, 0.6) is 5.75 Å². The van der Waals surface area contributed by atoms with E-state index in [9.17, 15) is 4.79 Å². The normalized spacial score (nSPS) is 10.1. The maximum absolute atomic E-state index is 11.5. The molecule has 0 spiro atoms. The zero-order valence-electron chi connectivity index (χ0n) is 9.84. The summed E-state index contributed by atoms with van der Waals surface area (Å²) >= 11 is 0. The molecule has 1 heterocycles. The number of nitrogen functional groups attached to an aromatic ring is 1. The number of carbonyl (C=O) groups is 1. The quantitative estimate of drug-likeness (QED) is 0.800. The molecule has 0 unspecified atom stereocenters. The van der Waals surface area contributed by atoms with E-state index < -0.39 is 0 Å². The van der Waals surface area contributed by atoms with Crippen LogP contribution >= 0.6 is 0 Å². The number of nitrogens with one attached hydrogen (secondary N) is 1. The van der Waals surface area contributed by atoms with Crippen molar-refractivity contribution in [3.63, 3.8) is 0 Å². The van der Waals surface area contributed by atoms with Crippen molar-refractivity contribution in [2.75, 3.05) is 17.7 Å². The van der Waals surface area contributed by atoms with Gasteiger partial charge in [-0.15, -0.1) is 0 Å². The summed E-state index contributed by atoms with van der Waals surface area (Å²) in [5.41, 5.74) is 6.86. The minimum Gasteiger partial charge on any atom is -0.482 e. The first-order chi connectivity index (χ1) is 8.65. The summed E-state index contributed by atoms with van der Waals surface area (Å²) in [7, 11) is 0. The Bertz CT molecular complexity index is 551. The standard InChI is InChI=1S/C12H13N3O3/c1-8-6-12(18-15-8)14-11(16)7-17-10-5-3-2-4-9(10)13/h2-6H,7,13H2,1H3,(H,14,16). The molecule has 3 N–H and O–H groups in total. The summed E-state index contributed by atoms with van der Waals surface area (Å²) in [6.45, 7) is 1.62. The van der Waals surface area contributed by atoms with Gasteiger partial charge in [0.05, 0.1) is 11.4 Å². The second kappa shape index (κ2) is 5.22. The zero-order valence-corrected chi connectivity index (χ0v) is 9.84. The Labute approximate surface area is 104 Å². The van der Waals surface area contributed by atoms with Gasteiger partial charge in [-0.1, -0.05) is 17.3 Å². The second-order valence-electron chi connectivity index (χ2n) is 3.71. The number of rotatable bonds is 4. The van der Waals surface area contributed by atoms with Gasteiger partial charge >= 0.3 is 0 Å². The maximum Gasteiger partial charge on any atom is 0.264 e. The van der Waals surface area contributed by atoms with Crippen molar-refractivity contribution >= 4 is 17.5 Å². The molecule has 6 nitrogen and oxygen atoms in total. The SMILES string of the molecule is Cc1cc(NC(=O)COc2ccccc2N)on1. The van der Waals surface area contributed by atoms with Crippen LogP contribution in [0.1, 0.15) is 5.69 Å². The van der Waals surface area contributed by atoms with Gasteiger partial charge < -0.3 is 15.0 Å². The van der Waals surface area contributed by atoms with Gasteiger partial charge in [-0.2, -0.15) is 0 Å². The van der Waals surface area contributed by atoms with Crippen molar-refractivity contribution in [2.45, 2.75) is 6.92 Å². The van der Waals surface area contributed by atoms with Crippen LogP contribution in [0.4, 0.5) is 11.6 Å². The minimum atomic E-state index is -0.339. The molecule has 2 rings (SSSR count). The van der Waals surface area contributed by atoms with Crippen LogP contribution in [0.2, 0.25) is 0 Å². The summed E-state index contributed by atoms with van der Waals surface area (Å²) < 4.78 is 10.1. The van der Waals surface area contributed by atoms with Gasteiger partial charge in [0.1, 0.15) is 5.75 Å². The number of aromatic nitrogens is 1. The third-order valence-electron chi connectivity index (χ3n) is 2.17. The number of anilines is 2. The van der Waals surface area contributed by atoms with E-state index in [0.29, 0.717) is 23.0 Å². The number of benzene rings is 1. The van der Waals surface area contributed by atoms with Gasteiger partial charge in [0.25, 0.3) is 5.91 Å². The molecule has 0 atom stereocenters. The van der Waals surface area contributed by atoms with Gasteiger partial charge in [-0.05, 0) is 19.1 Å². The number of ether oxygens (including phenoxy) is 1. The molecule has 94 valence electrons. The van der Waals surface area contributed by atoms with Crippen molar-refractivity contribution in [3.8, 4) is 5.75 Å². The number of carbonyl (C=O) groups excluding carboxylic acids is 1. The van der Waals surface area contributed by atoms with E-state index in [0.717, 1.165) is 0 Å². The van der Waals surface area contributed by atoms with Crippen LogP contribution in [0.15, 0.2) is 34.9 Å². The molecule has 0 saturated carbocycles. The summed E-state index contributed by atoms with van der Waals surface area (Å²) in [5.74, 6) is 0.429. The van der Waals surface area contributed by atoms with Crippen molar-refractivity contribution < 1.29 is 14.1 Å². The van der Waals surface area contributed by atoms with Crippen LogP contribution in [0, 0.1) is 6.92 Å². The topological polar surface area (TPSA) is 90.4 Å². The maximum atomic E-state index is 11.5. The van der Waals surface area contributed by atoms with Gasteiger partial charge in [-0.3, -0.25) is 10.1 Å². The predicted octanol–water partition coefficient (Wildman–Crippen LogP) is 1.58. The fraction of sp³-hybridized carbons (Fsp3) is 0.167. The van der Waals surface area contributed by atoms with Gasteiger partial charge in [0, 0.05) is 6.07 Å². The Balaban J connectivity index is 1.87. The number of amides is 1. The van der Waals surface area contributed by atoms with Crippen LogP contribution in [-0.2, 0) is 4.79 Å².